The van der Waals surface area contributed by atoms with Crippen LogP contribution in [0.25, 0.3) is 16.9 Å². The molecule has 0 spiro atoms. The highest BCUT2D eigenvalue weighted by atomic mass is 19.4. The monoisotopic (exact) mass is 454 g/mol. The Labute approximate surface area is 186 Å². The van der Waals surface area contributed by atoms with Crippen LogP contribution in [0.5, 0.6) is 11.5 Å². The second-order valence-electron chi connectivity index (χ2n) is 7.38. The van der Waals surface area contributed by atoms with Crippen molar-refractivity contribution in [2.24, 2.45) is 0 Å². The minimum absolute atomic E-state index is 0.0312. The van der Waals surface area contributed by atoms with E-state index < -0.39 is 17.8 Å². The first-order valence-electron chi connectivity index (χ1n) is 10.0. The SMILES string of the molecule is CN(C(=O)c1cnn2c(C(F)(F)F)cc(-c3ccc4c(c3)OCCO4)nc12)c1ccccc1. The summed E-state index contributed by atoms with van der Waals surface area (Å²) in [5.74, 6) is 0.394. The molecule has 0 saturated heterocycles. The third-order valence-corrected chi connectivity index (χ3v) is 5.28. The van der Waals surface area contributed by atoms with Crippen LogP contribution in [0.3, 0.4) is 0 Å². The number of rotatable bonds is 3. The van der Waals surface area contributed by atoms with Crippen molar-refractivity contribution in [3.63, 3.8) is 0 Å². The molecule has 2 aromatic heterocycles. The van der Waals surface area contributed by atoms with Gasteiger partial charge in [0.25, 0.3) is 5.91 Å². The minimum atomic E-state index is -4.72. The molecular formula is C23H17F3N4O3. The third kappa shape index (κ3) is 3.73. The zero-order valence-corrected chi connectivity index (χ0v) is 17.3. The second-order valence-corrected chi connectivity index (χ2v) is 7.38. The van der Waals surface area contributed by atoms with Gasteiger partial charge in [-0.3, -0.25) is 4.79 Å². The molecule has 1 amide bonds. The number of aromatic nitrogens is 3. The molecule has 2 aromatic carbocycles. The number of carbonyl (C=O) groups excluding carboxylic acids is 1. The van der Waals surface area contributed by atoms with E-state index in [1.165, 1.54) is 11.9 Å². The molecule has 5 rings (SSSR count). The topological polar surface area (TPSA) is 69.0 Å². The van der Waals surface area contributed by atoms with Crippen molar-refractivity contribution in [3.05, 3.63) is 72.1 Å². The minimum Gasteiger partial charge on any atom is -0.486 e. The Hall–Kier alpha value is -4.08. The lowest BCUT2D eigenvalue weighted by Crippen LogP contribution is -2.26. The molecule has 33 heavy (non-hydrogen) atoms. The maximum atomic E-state index is 13.9. The first-order valence-corrected chi connectivity index (χ1v) is 10.0. The first kappa shape index (κ1) is 20.8. The summed E-state index contributed by atoms with van der Waals surface area (Å²) in [4.78, 5) is 18.9. The van der Waals surface area contributed by atoms with Crippen LogP contribution in [0.2, 0.25) is 0 Å². The molecule has 1 aliphatic heterocycles. The lowest BCUT2D eigenvalue weighted by Gasteiger charge is -2.19. The number of hydrogen-bond acceptors (Lipinski definition) is 5. The van der Waals surface area contributed by atoms with Gasteiger partial charge < -0.3 is 14.4 Å². The number of fused-ring (bicyclic) bond motifs is 2. The zero-order valence-electron chi connectivity index (χ0n) is 17.3. The van der Waals surface area contributed by atoms with Gasteiger partial charge >= 0.3 is 6.18 Å². The molecule has 3 heterocycles. The van der Waals surface area contributed by atoms with E-state index in [4.69, 9.17) is 9.47 Å². The molecule has 4 aromatic rings. The number of amides is 1. The van der Waals surface area contributed by atoms with Crippen molar-refractivity contribution in [3.8, 4) is 22.8 Å². The Morgan fingerprint density at radius 1 is 1.03 bits per heavy atom. The number of ether oxygens (including phenoxy) is 2. The van der Waals surface area contributed by atoms with Crippen LogP contribution in [0.1, 0.15) is 16.1 Å². The number of nitrogens with zero attached hydrogens (tertiary/aromatic N) is 4. The van der Waals surface area contributed by atoms with Crippen molar-refractivity contribution < 1.29 is 27.4 Å². The smallest absolute Gasteiger partial charge is 0.433 e. The van der Waals surface area contributed by atoms with Gasteiger partial charge in [-0.25, -0.2) is 9.50 Å². The molecule has 0 radical (unpaired) electrons. The van der Waals surface area contributed by atoms with Crippen LogP contribution >= 0.6 is 0 Å². The van der Waals surface area contributed by atoms with Crippen LogP contribution < -0.4 is 14.4 Å². The third-order valence-electron chi connectivity index (χ3n) is 5.28. The van der Waals surface area contributed by atoms with Crippen molar-refractivity contribution in [2.45, 2.75) is 6.18 Å². The van der Waals surface area contributed by atoms with Crippen LogP contribution in [0.4, 0.5) is 18.9 Å². The summed E-state index contributed by atoms with van der Waals surface area (Å²) in [6, 6.07) is 14.5. The predicted molar refractivity (Wildman–Crippen MR) is 114 cm³/mol. The average Bonchev–Trinajstić information content (AvgIpc) is 3.26. The van der Waals surface area contributed by atoms with Crippen LogP contribution in [0.15, 0.2) is 60.8 Å². The lowest BCUT2D eigenvalue weighted by molar-refractivity contribution is -0.142. The highest BCUT2D eigenvalue weighted by Crippen LogP contribution is 2.37. The first-order chi connectivity index (χ1) is 15.8. The molecule has 0 aliphatic carbocycles. The quantitative estimate of drug-likeness (QED) is 0.457. The van der Waals surface area contributed by atoms with E-state index in [1.54, 1.807) is 48.5 Å². The van der Waals surface area contributed by atoms with E-state index in [0.29, 0.717) is 40.5 Å². The van der Waals surface area contributed by atoms with Crippen molar-refractivity contribution >= 4 is 17.2 Å². The Morgan fingerprint density at radius 2 is 1.76 bits per heavy atom. The molecule has 0 bridgehead atoms. The van der Waals surface area contributed by atoms with E-state index in [0.717, 1.165) is 12.3 Å². The molecule has 10 heteroatoms. The molecule has 0 atom stereocenters. The van der Waals surface area contributed by atoms with E-state index in [2.05, 4.69) is 10.1 Å². The van der Waals surface area contributed by atoms with Gasteiger partial charge in [0.1, 0.15) is 18.8 Å². The summed E-state index contributed by atoms with van der Waals surface area (Å²) in [5.41, 5.74) is -0.277. The second kappa shape index (κ2) is 7.80. The fourth-order valence-electron chi connectivity index (χ4n) is 3.62. The lowest BCUT2D eigenvalue weighted by atomic mass is 10.1. The fourth-order valence-corrected chi connectivity index (χ4v) is 3.62. The summed E-state index contributed by atoms with van der Waals surface area (Å²) in [6.07, 6.45) is -3.62. The van der Waals surface area contributed by atoms with Gasteiger partial charge in [0.15, 0.2) is 22.8 Å². The number of alkyl halides is 3. The molecular weight excluding hydrogens is 437 g/mol. The van der Waals surface area contributed by atoms with Crippen LogP contribution in [-0.4, -0.2) is 40.8 Å². The number of para-hydroxylation sites is 1. The van der Waals surface area contributed by atoms with Crippen LogP contribution in [-0.2, 0) is 6.18 Å². The van der Waals surface area contributed by atoms with Crippen molar-refractivity contribution in [1.82, 2.24) is 14.6 Å². The standard InChI is InChI=1S/C23H17F3N4O3/c1-29(15-5-3-2-4-6-15)22(31)16-13-27-30-20(23(24,25)26)12-17(28-21(16)30)14-7-8-18-19(11-14)33-10-9-32-18/h2-8,11-13H,9-10H2,1H3. The molecule has 7 nitrogen and oxygen atoms in total. The molecule has 0 N–H and O–H groups in total. The number of anilines is 1. The largest absolute Gasteiger partial charge is 0.486 e. The Bertz CT molecular complexity index is 1350. The zero-order chi connectivity index (χ0) is 23.2. The molecule has 0 unspecified atom stereocenters. The molecule has 168 valence electrons. The number of benzene rings is 2. The van der Waals surface area contributed by atoms with Gasteiger partial charge in [0, 0.05) is 18.3 Å². The van der Waals surface area contributed by atoms with E-state index in [-0.39, 0.29) is 16.9 Å². The summed E-state index contributed by atoms with van der Waals surface area (Å²) < 4.78 is 53.3. The van der Waals surface area contributed by atoms with Crippen molar-refractivity contribution in [2.75, 3.05) is 25.2 Å². The Balaban J connectivity index is 1.65. The highest BCUT2D eigenvalue weighted by molar-refractivity contribution is 6.09. The summed E-state index contributed by atoms with van der Waals surface area (Å²) >= 11 is 0. The Morgan fingerprint density at radius 3 is 2.48 bits per heavy atom. The Kier molecular flexibility index (Phi) is 4.92. The number of carbonyl (C=O) groups is 1. The van der Waals surface area contributed by atoms with Gasteiger partial charge in [0.05, 0.1) is 11.9 Å². The van der Waals surface area contributed by atoms with Crippen molar-refractivity contribution in [1.29, 1.82) is 0 Å². The van der Waals surface area contributed by atoms with E-state index in [9.17, 15) is 18.0 Å². The normalized spacial score (nSPS) is 13.2. The van der Waals surface area contributed by atoms with Gasteiger partial charge in [0.2, 0.25) is 0 Å². The van der Waals surface area contributed by atoms with Gasteiger partial charge in [-0.1, -0.05) is 18.2 Å². The van der Waals surface area contributed by atoms with Gasteiger partial charge in [-0.15, -0.1) is 0 Å². The highest BCUT2D eigenvalue weighted by Gasteiger charge is 2.36. The predicted octanol–water partition coefficient (Wildman–Crippen LogP) is 4.46. The summed E-state index contributed by atoms with van der Waals surface area (Å²) in [6.45, 7) is 0.731. The van der Waals surface area contributed by atoms with Crippen LogP contribution in [0, 0.1) is 0 Å². The number of halogens is 3. The maximum absolute atomic E-state index is 13.9. The fraction of sp³-hybridized carbons (Fsp3) is 0.174. The summed E-state index contributed by atoms with van der Waals surface area (Å²) in [7, 11) is 1.54. The molecule has 0 fully saturated rings. The van der Waals surface area contributed by atoms with Gasteiger partial charge in [-0.2, -0.15) is 18.3 Å². The van der Waals surface area contributed by atoms with Gasteiger partial charge in [-0.05, 0) is 36.4 Å². The van der Waals surface area contributed by atoms with E-state index in [1.807, 2.05) is 0 Å². The van der Waals surface area contributed by atoms with E-state index >= 15 is 0 Å². The maximum Gasteiger partial charge on any atom is 0.433 e. The molecule has 1 aliphatic rings. The molecule has 0 saturated carbocycles. The average molecular weight is 454 g/mol. The number of hydrogen-bond donors (Lipinski definition) is 0. The summed E-state index contributed by atoms with van der Waals surface area (Å²) in [5, 5.41) is 3.83.